The summed E-state index contributed by atoms with van der Waals surface area (Å²) in [5.74, 6) is 0.804. The second-order valence-electron chi connectivity index (χ2n) is 7.13. The molecule has 1 aromatic rings. The van der Waals surface area contributed by atoms with Crippen molar-refractivity contribution in [3.8, 4) is 5.75 Å². The Morgan fingerprint density at radius 1 is 1.31 bits per heavy atom. The van der Waals surface area contributed by atoms with Crippen molar-refractivity contribution >= 4 is 6.09 Å². The number of ether oxygens (including phenoxy) is 2. The molecule has 2 aliphatic rings. The first-order valence-electron chi connectivity index (χ1n) is 9.26. The number of hydrogen-bond donors (Lipinski definition) is 3. The van der Waals surface area contributed by atoms with Gasteiger partial charge < -0.3 is 30.1 Å². The van der Waals surface area contributed by atoms with Gasteiger partial charge in [-0.15, -0.1) is 0 Å². The molecular weight excluding hydrogens is 334 g/mol. The lowest BCUT2D eigenvalue weighted by Gasteiger charge is -2.30. The van der Waals surface area contributed by atoms with Gasteiger partial charge in [0.2, 0.25) is 0 Å². The maximum atomic E-state index is 12.4. The van der Waals surface area contributed by atoms with Gasteiger partial charge in [0, 0.05) is 26.2 Å². The van der Waals surface area contributed by atoms with Crippen molar-refractivity contribution < 1.29 is 19.4 Å². The third kappa shape index (κ3) is 4.66. The molecule has 0 radical (unpaired) electrons. The minimum Gasteiger partial charge on any atom is -0.497 e. The molecule has 7 heteroatoms. The predicted molar refractivity (Wildman–Crippen MR) is 98.4 cm³/mol. The zero-order chi connectivity index (χ0) is 18.5. The number of amides is 1. The second kappa shape index (κ2) is 8.70. The fourth-order valence-electron chi connectivity index (χ4n) is 3.38. The van der Waals surface area contributed by atoms with E-state index in [4.69, 9.17) is 9.47 Å². The van der Waals surface area contributed by atoms with Gasteiger partial charge in [-0.1, -0.05) is 12.1 Å². The number of aliphatic hydroxyl groups excluding tert-OH is 1. The molecule has 2 fully saturated rings. The van der Waals surface area contributed by atoms with Gasteiger partial charge in [0.05, 0.1) is 13.2 Å². The Morgan fingerprint density at radius 3 is 2.65 bits per heavy atom. The summed E-state index contributed by atoms with van der Waals surface area (Å²) >= 11 is 0. The minimum atomic E-state index is -0.691. The smallest absolute Gasteiger partial charge is 0.409 e. The number of aliphatic hydroxyl groups is 1. The summed E-state index contributed by atoms with van der Waals surface area (Å²) in [7, 11) is 3.38. The first-order chi connectivity index (χ1) is 12.6. The van der Waals surface area contributed by atoms with Crippen molar-refractivity contribution in [1.29, 1.82) is 0 Å². The Kier molecular flexibility index (Phi) is 6.34. The molecule has 0 aromatic heterocycles. The molecule has 7 nitrogen and oxygen atoms in total. The SMILES string of the molecule is COc1ccc(C[C@H]2NC[C@H](O)[C@H]2OC(=O)N(C)CC[C@@H]2CCN2)cc1. The highest BCUT2D eigenvalue weighted by Gasteiger charge is 2.38. The number of carbonyl (C=O) groups excluding carboxylic acids is 1. The van der Waals surface area contributed by atoms with Crippen LogP contribution in [0.5, 0.6) is 5.75 Å². The number of methoxy groups -OCH3 is 1. The number of nitrogens with zero attached hydrogens (tertiary/aromatic N) is 1. The van der Waals surface area contributed by atoms with Crippen LogP contribution < -0.4 is 15.4 Å². The van der Waals surface area contributed by atoms with Gasteiger partial charge in [0.15, 0.2) is 0 Å². The van der Waals surface area contributed by atoms with E-state index < -0.39 is 12.2 Å². The summed E-state index contributed by atoms with van der Waals surface area (Å²) in [6, 6.07) is 8.19. The Morgan fingerprint density at radius 2 is 2.04 bits per heavy atom. The highest BCUT2D eigenvalue weighted by Crippen LogP contribution is 2.20. The molecule has 26 heavy (non-hydrogen) atoms. The molecule has 2 saturated heterocycles. The van der Waals surface area contributed by atoms with Crippen LogP contribution in [0.15, 0.2) is 24.3 Å². The van der Waals surface area contributed by atoms with E-state index in [0.29, 0.717) is 25.6 Å². The molecule has 0 aliphatic carbocycles. The van der Waals surface area contributed by atoms with Crippen molar-refractivity contribution in [2.75, 3.05) is 33.8 Å². The van der Waals surface area contributed by atoms with Crippen LogP contribution in [0.2, 0.25) is 0 Å². The average molecular weight is 363 g/mol. The molecule has 0 unspecified atom stereocenters. The van der Waals surface area contributed by atoms with Gasteiger partial charge in [-0.2, -0.15) is 0 Å². The van der Waals surface area contributed by atoms with Crippen LogP contribution in [0.1, 0.15) is 18.4 Å². The fraction of sp³-hybridized carbons (Fsp3) is 0.632. The van der Waals surface area contributed by atoms with E-state index in [2.05, 4.69) is 10.6 Å². The Hall–Kier alpha value is -1.83. The molecule has 144 valence electrons. The van der Waals surface area contributed by atoms with Gasteiger partial charge in [0.25, 0.3) is 0 Å². The zero-order valence-corrected chi connectivity index (χ0v) is 15.5. The topological polar surface area (TPSA) is 83.1 Å². The van der Waals surface area contributed by atoms with Crippen molar-refractivity contribution in [3.05, 3.63) is 29.8 Å². The quantitative estimate of drug-likeness (QED) is 0.663. The summed E-state index contributed by atoms with van der Waals surface area (Å²) in [4.78, 5) is 14.0. The number of carbonyl (C=O) groups is 1. The van der Waals surface area contributed by atoms with Gasteiger partial charge in [0.1, 0.15) is 18.0 Å². The van der Waals surface area contributed by atoms with Gasteiger partial charge in [-0.05, 0) is 43.5 Å². The standard InChI is InChI=1S/C19H29N3O4/c1-22(10-8-14-7-9-20-14)19(24)26-18-16(21-12-17(18)23)11-13-3-5-15(25-2)6-4-13/h3-6,14,16-18,20-21,23H,7-12H2,1-2H3/t14-,16+,17-,18-/m0/s1. The number of hydrogen-bond acceptors (Lipinski definition) is 6. The van der Waals surface area contributed by atoms with E-state index in [1.165, 1.54) is 0 Å². The third-order valence-corrected chi connectivity index (χ3v) is 5.27. The van der Waals surface area contributed by atoms with Crippen LogP contribution >= 0.6 is 0 Å². The summed E-state index contributed by atoms with van der Waals surface area (Å²) in [6.45, 7) is 2.14. The summed E-state index contributed by atoms with van der Waals surface area (Å²) in [6.07, 6.45) is 1.15. The van der Waals surface area contributed by atoms with Crippen LogP contribution in [0, 0.1) is 0 Å². The molecule has 2 aliphatic heterocycles. The molecule has 0 spiro atoms. The first kappa shape index (κ1) is 18.9. The lowest BCUT2D eigenvalue weighted by molar-refractivity contribution is 0.00433. The number of benzene rings is 1. The number of rotatable bonds is 7. The molecular formula is C19H29N3O4. The monoisotopic (exact) mass is 363 g/mol. The lowest BCUT2D eigenvalue weighted by atomic mass is 10.0. The van der Waals surface area contributed by atoms with Crippen LogP contribution in [0.3, 0.4) is 0 Å². The molecule has 0 saturated carbocycles. The second-order valence-corrected chi connectivity index (χ2v) is 7.13. The molecule has 4 atom stereocenters. The number of β-amino-alcohol motifs (C(OH)–C–C–N with tert-alkyl or cyclic N) is 1. The zero-order valence-electron chi connectivity index (χ0n) is 15.5. The summed E-state index contributed by atoms with van der Waals surface area (Å²) in [5.41, 5.74) is 1.10. The summed E-state index contributed by atoms with van der Waals surface area (Å²) < 4.78 is 10.8. The van der Waals surface area contributed by atoms with E-state index >= 15 is 0 Å². The van der Waals surface area contributed by atoms with Gasteiger partial charge in [-0.25, -0.2) is 4.79 Å². The lowest BCUT2D eigenvalue weighted by Crippen LogP contribution is -2.46. The van der Waals surface area contributed by atoms with Gasteiger partial charge in [-0.3, -0.25) is 0 Å². The van der Waals surface area contributed by atoms with Crippen LogP contribution in [-0.2, 0) is 11.2 Å². The predicted octanol–water partition coefficient (Wildman–Crippen LogP) is 0.759. The fourth-order valence-corrected chi connectivity index (χ4v) is 3.38. The maximum absolute atomic E-state index is 12.4. The summed E-state index contributed by atoms with van der Waals surface area (Å²) in [5, 5.41) is 16.8. The number of nitrogens with one attached hydrogen (secondary N) is 2. The molecule has 3 rings (SSSR count). The van der Waals surface area contributed by atoms with E-state index in [1.54, 1.807) is 19.1 Å². The molecule has 0 bridgehead atoms. The normalized spacial score (nSPS) is 27.7. The van der Waals surface area contributed by atoms with Crippen LogP contribution in [0.25, 0.3) is 0 Å². The molecule has 3 N–H and O–H groups in total. The van der Waals surface area contributed by atoms with E-state index in [0.717, 1.165) is 30.7 Å². The third-order valence-electron chi connectivity index (χ3n) is 5.27. The van der Waals surface area contributed by atoms with E-state index in [-0.39, 0.29) is 12.1 Å². The minimum absolute atomic E-state index is 0.107. The molecule has 1 amide bonds. The van der Waals surface area contributed by atoms with Gasteiger partial charge >= 0.3 is 6.09 Å². The van der Waals surface area contributed by atoms with E-state index in [1.807, 2.05) is 24.3 Å². The van der Waals surface area contributed by atoms with Crippen molar-refractivity contribution in [1.82, 2.24) is 15.5 Å². The van der Waals surface area contributed by atoms with Crippen LogP contribution in [0.4, 0.5) is 4.79 Å². The highest BCUT2D eigenvalue weighted by atomic mass is 16.6. The molecule has 1 aromatic carbocycles. The maximum Gasteiger partial charge on any atom is 0.409 e. The van der Waals surface area contributed by atoms with Crippen molar-refractivity contribution in [2.45, 2.75) is 43.6 Å². The van der Waals surface area contributed by atoms with Crippen molar-refractivity contribution in [2.24, 2.45) is 0 Å². The average Bonchev–Trinajstić information content (AvgIpc) is 2.94. The van der Waals surface area contributed by atoms with E-state index in [9.17, 15) is 9.90 Å². The molecule has 2 heterocycles. The largest absolute Gasteiger partial charge is 0.497 e. The highest BCUT2D eigenvalue weighted by molar-refractivity contribution is 5.67. The first-order valence-corrected chi connectivity index (χ1v) is 9.26. The van der Waals surface area contributed by atoms with Crippen molar-refractivity contribution in [3.63, 3.8) is 0 Å². The van der Waals surface area contributed by atoms with Crippen LogP contribution in [-0.4, -0.2) is 74.2 Å². The Balaban J connectivity index is 1.52. The Bertz CT molecular complexity index is 591. The Labute approximate surface area is 154 Å².